The molecule has 0 spiro atoms. The zero-order valence-electron chi connectivity index (χ0n) is 27.0. The van der Waals surface area contributed by atoms with E-state index in [9.17, 15) is 18.0 Å². The molecule has 2 fully saturated rings. The Bertz CT molecular complexity index is 1750. The molecule has 2 amide bonds. The number of benzene rings is 3. The molecule has 0 bridgehead atoms. The molecule has 3 aromatic carbocycles. The van der Waals surface area contributed by atoms with E-state index in [0.29, 0.717) is 79.4 Å². The molecule has 3 heterocycles. The molecule has 2 N–H and O–H groups in total. The number of carbonyl (C=O) groups is 1. The molecule has 0 atom stereocenters. The van der Waals surface area contributed by atoms with Crippen molar-refractivity contribution in [3.8, 4) is 23.1 Å². The van der Waals surface area contributed by atoms with Gasteiger partial charge in [0.2, 0.25) is 5.88 Å². The number of urea groups is 1. The maximum absolute atomic E-state index is 13.2. The van der Waals surface area contributed by atoms with E-state index < -0.39 is 17.8 Å². The Morgan fingerprint density at radius 2 is 1.38 bits per heavy atom. The van der Waals surface area contributed by atoms with Crippen LogP contribution in [0.3, 0.4) is 0 Å². The van der Waals surface area contributed by atoms with Crippen molar-refractivity contribution in [2.45, 2.75) is 6.18 Å². The van der Waals surface area contributed by atoms with Crippen LogP contribution in [0, 0.1) is 0 Å². The zero-order valence-corrected chi connectivity index (χ0v) is 28.6. The van der Waals surface area contributed by atoms with Crippen molar-refractivity contribution in [1.29, 1.82) is 0 Å². The van der Waals surface area contributed by atoms with Crippen LogP contribution in [0.5, 0.6) is 23.1 Å². The van der Waals surface area contributed by atoms with Gasteiger partial charge in [0.25, 0.3) is 0 Å². The molecule has 12 nitrogen and oxygen atoms in total. The highest BCUT2D eigenvalue weighted by atomic mass is 79.9. The lowest BCUT2D eigenvalue weighted by Crippen LogP contribution is -2.39. The van der Waals surface area contributed by atoms with Crippen molar-refractivity contribution >= 4 is 44.2 Å². The van der Waals surface area contributed by atoms with Crippen LogP contribution >= 0.6 is 15.9 Å². The number of rotatable bonds is 12. The van der Waals surface area contributed by atoms with E-state index in [1.807, 2.05) is 12.1 Å². The largest absolute Gasteiger partial charge is 0.488 e. The Kier molecular flexibility index (Phi) is 11.9. The van der Waals surface area contributed by atoms with Gasteiger partial charge in [-0.3, -0.25) is 9.80 Å². The normalized spacial score (nSPS) is 15.8. The fourth-order valence-corrected chi connectivity index (χ4v) is 5.87. The van der Waals surface area contributed by atoms with E-state index in [2.05, 4.69) is 46.3 Å². The van der Waals surface area contributed by atoms with Crippen molar-refractivity contribution in [2.75, 3.05) is 89.5 Å². The molecule has 2 aliphatic rings. The Morgan fingerprint density at radius 3 is 2.00 bits per heavy atom. The first-order valence-corrected chi connectivity index (χ1v) is 16.9. The third-order valence-corrected chi connectivity index (χ3v) is 8.75. The quantitative estimate of drug-likeness (QED) is 0.171. The number of nitrogens with one attached hydrogen (secondary N) is 2. The third-order valence-electron chi connectivity index (χ3n) is 8.06. The number of ether oxygens (including phenoxy) is 5. The number of hydrogen-bond acceptors (Lipinski definition) is 10. The highest BCUT2D eigenvalue weighted by molar-refractivity contribution is 9.10. The number of amides is 2. The fraction of sp³-hybridized carbons (Fsp3) is 0.382. The average molecular weight is 762 g/mol. The van der Waals surface area contributed by atoms with E-state index in [4.69, 9.17) is 23.7 Å². The number of anilines is 2. The van der Waals surface area contributed by atoms with Crippen molar-refractivity contribution in [3.63, 3.8) is 0 Å². The second-order valence-electron chi connectivity index (χ2n) is 11.5. The second-order valence-corrected chi connectivity index (χ2v) is 12.4. The summed E-state index contributed by atoms with van der Waals surface area (Å²) in [5.41, 5.74) is 0.0934. The number of morpholine rings is 2. The first kappa shape index (κ1) is 35.6. The van der Waals surface area contributed by atoms with E-state index >= 15 is 0 Å². The zero-order chi connectivity index (χ0) is 34.9. The van der Waals surface area contributed by atoms with Gasteiger partial charge in [0, 0.05) is 61.2 Å². The summed E-state index contributed by atoms with van der Waals surface area (Å²) < 4.78 is 69.1. The first-order chi connectivity index (χ1) is 24.2. The maximum Gasteiger partial charge on any atom is 0.417 e. The Hall–Kier alpha value is -4.22. The summed E-state index contributed by atoms with van der Waals surface area (Å²) in [4.78, 5) is 25.9. The van der Waals surface area contributed by atoms with Crippen LogP contribution < -0.4 is 24.8 Å². The minimum absolute atomic E-state index is 0.0104. The summed E-state index contributed by atoms with van der Waals surface area (Å²) in [5.74, 6) is 1.84. The second kappa shape index (κ2) is 16.7. The third kappa shape index (κ3) is 9.72. The van der Waals surface area contributed by atoms with Crippen LogP contribution in [0.25, 0.3) is 10.9 Å². The van der Waals surface area contributed by atoms with Crippen LogP contribution in [0.1, 0.15) is 5.56 Å². The molecule has 50 heavy (non-hydrogen) atoms. The van der Waals surface area contributed by atoms with E-state index in [1.54, 1.807) is 24.3 Å². The summed E-state index contributed by atoms with van der Waals surface area (Å²) >= 11 is 2.89. The summed E-state index contributed by atoms with van der Waals surface area (Å²) in [6.45, 7) is 8.65. The number of carbonyl (C=O) groups excluding carboxylic acids is 1. The summed E-state index contributed by atoms with van der Waals surface area (Å²) in [6, 6.07) is 12.8. The van der Waals surface area contributed by atoms with Crippen molar-refractivity contribution < 1.29 is 41.7 Å². The number of aromatic nitrogens is 2. The standard InChI is InChI=1S/C34H36BrF3N6O6/c35-28-6-3-24(19-27(28)34(36,37)38)42-33(45)41-23-1-4-25(5-2-23)50-32-26-20-30(48-17-11-43-7-13-46-14-8-43)31(21-29(26)39-22-40-32)49-18-12-44-9-15-47-16-10-44/h1-6,19-22H,7-18H2,(H2,41,42,45). The molecule has 0 unspecified atom stereocenters. The highest BCUT2D eigenvalue weighted by Crippen LogP contribution is 2.38. The Morgan fingerprint density at radius 1 is 0.800 bits per heavy atom. The smallest absolute Gasteiger partial charge is 0.417 e. The minimum atomic E-state index is -4.57. The molecule has 266 valence electrons. The van der Waals surface area contributed by atoms with Crippen molar-refractivity contribution in [2.24, 2.45) is 0 Å². The maximum atomic E-state index is 13.2. The molecule has 16 heteroatoms. The Balaban J connectivity index is 1.13. The monoisotopic (exact) mass is 760 g/mol. The summed E-state index contributed by atoms with van der Waals surface area (Å²) in [7, 11) is 0. The van der Waals surface area contributed by atoms with Crippen LogP contribution in [-0.2, 0) is 15.7 Å². The van der Waals surface area contributed by atoms with Gasteiger partial charge in [0.15, 0.2) is 11.5 Å². The molecule has 0 saturated carbocycles. The number of fused-ring (bicyclic) bond motifs is 1. The predicted molar refractivity (Wildman–Crippen MR) is 183 cm³/mol. The van der Waals surface area contributed by atoms with Gasteiger partial charge in [-0.25, -0.2) is 14.8 Å². The SMILES string of the molecule is O=C(Nc1ccc(Oc2ncnc3cc(OCCN4CCOCC4)c(OCCN4CCOCC4)cc23)cc1)Nc1ccc(Br)c(C(F)(F)F)c1. The van der Waals surface area contributed by atoms with Gasteiger partial charge in [-0.2, -0.15) is 13.2 Å². The van der Waals surface area contributed by atoms with E-state index in [1.165, 1.54) is 18.5 Å². The summed E-state index contributed by atoms with van der Waals surface area (Å²) in [5, 5.41) is 5.64. The van der Waals surface area contributed by atoms with Crippen molar-refractivity contribution in [1.82, 2.24) is 19.8 Å². The van der Waals surface area contributed by atoms with Gasteiger partial charge in [-0.15, -0.1) is 0 Å². The van der Waals surface area contributed by atoms with Crippen molar-refractivity contribution in [3.05, 3.63) is 71.0 Å². The number of halogens is 4. The lowest BCUT2D eigenvalue weighted by Gasteiger charge is -2.27. The van der Waals surface area contributed by atoms with Gasteiger partial charge < -0.3 is 34.3 Å². The predicted octanol–water partition coefficient (Wildman–Crippen LogP) is 6.27. The molecule has 1 aromatic heterocycles. The van der Waals surface area contributed by atoms with E-state index in [0.717, 1.165) is 45.3 Å². The Labute approximate surface area is 294 Å². The average Bonchev–Trinajstić information content (AvgIpc) is 3.11. The summed E-state index contributed by atoms with van der Waals surface area (Å²) in [6.07, 6.45) is -3.17. The minimum Gasteiger partial charge on any atom is -0.488 e. The molecule has 0 radical (unpaired) electrons. The first-order valence-electron chi connectivity index (χ1n) is 16.1. The van der Waals surface area contributed by atoms with Gasteiger partial charge in [0.05, 0.1) is 42.9 Å². The lowest BCUT2D eigenvalue weighted by atomic mass is 10.2. The molecular formula is C34H36BrF3N6O6. The molecule has 0 aliphatic carbocycles. The van der Waals surface area contributed by atoms with Gasteiger partial charge in [0.1, 0.15) is 25.3 Å². The molecule has 2 saturated heterocycles. The molecule has 2 aliphatic heterocycles. The molecular weight excluding hydrogens is 725 g/mol. The number of hydrogen-bond donors (Lipinski definition) is 2. The number of alkyl halides is 3. The topological polar surface area (TPSA) is 120 Å². The molecule has 4 aromatic rings. The van der Waals surface area contributed by atoms with Gasteiger partial charge >= 0.3 is 12.2 Å². The highest BCUT2D eigenvalue weighted by Gasteiger charge is 2.33. The van der Waals surface area contributed by atoms with E-state index in [-0.39, 0.29) is 10.2 Å². The fourth-order valence-electron chi connectivity index (χ4n) is 5.40. The van der Waals surface area contributed by atoms with Crippen LogP contribution in [0.4, 0.5) is 29.3 Å². The van der Waals surface area contributed by atoms with Crippen LogP contribution in [0.15, 0.2) is 65.4 Å². The van der Waals surface area contributed by atoms with Gasteiger partial charge in [-0.1, -0.05) is 15.9 Å². The van der Waals surface area contributed by atoms with Crippen LogP contribution in [0.2, 0.25) is 0 Å². The van der Waals surface area contributed by atoms with Crippen LogP contribution in [-0.4, -0.2) is 105 Å². The van der Waals surface area contributed by atoms with Gasteiger partial charge in [-0.05, 0) is 48.5 Å². The number of nitrogens with zero attached hydrogens (tertiary/aromatic N) is 4. The molecule has 6 rings (SSSR count). The lowest BCUT2D eigenvalue weighted by molar-refractivity contribution is -0.138.